The van der Waals surface area contributed by atoms with E-state index in [4.69, 9.17) is 0 Å². The first-order chi connectivity index (χ1) is 11.1. The van der Waals surface area contributed by atoms with E-state index in [1.165, 1.54) is 18.4 Å². The molecule has 0 fully saturated rings. The van der Waals surface area contributed by atoms with Crippen LogP contribution in [0.3, 0.4) is 0 Å². The molecule has 0 aliphatic rings. The number of hydrogen-bond donors (Lipinski definition) is 1. The molecule has 24 heavy (non-hydrogen) atoms. The Labute approximate surface area is 142 Å². The van der Waals surface area contributed by atoms with Crippen LogP contribution in [0.15, 0.2) is 23.7 Å². The standard InChI is InChI=1S/C16H18F3N3OS/c1-9(2)7-10(3)13-12(5-6-24-13)20-15(23)11-8-22(4)21-14(11)16(17,18)19/h5-9H,1-4H3,(H,20,23)/b10-7+. The molecular weight excluding hydrogens is 339 g/mol. The third-order valence-corrected chi connectivity index (χ3v) is 4.25. The average Bonchev–Trinajstić information content (AvgIpc) is 3.03. The number of amides is 1. The Bertz CT molecular complexity index is 772. The van der Waals surface area contributed by atoms with Crippen LogP contribution < -0.4 is 5.32 Å². The van der Waals surface area contributed by atoms with Crippen molar-refractivity contribution >= 4 is 28.5 Å². The average molecular weight is 357 g/mol. The molecule has 0 aliphatic heterocycles. The molecule has 0 bridgehead atoms. The van der Waals surface area contributed by atoms with Crippen molar-refractivity contribution < 1.29 is 18.0 Å². The van der Waals surface area contributed by atoms with E-state index in [2.05, 4.69) is 10.4 Å². The number of allylic oxidation sites excluding steroid dienone is 2. The van der Waals surface area contributed by atoms with E-state index in [-0.39, 0.29) is 0 Å². The monoisotopic (exact) mass is 357 g/mol. The molecule has 0 radical (unpaired) electrons. The maximum absolute atomic E-state index is 13.0. The van der Waals surface area contributed by atoms with Gasteiger partial charge in [-0.3, -0.25) is 9.48 Å². The van der Waals surface area contributed by atoms with E-state index >= 15 is 0 Å². The molecule has 0 aliphatic carbocycles. The molecule has 2 rings (SSSR count). The van der Waals surface area contributed by atoms with Gasteiger partial charge >= 0.3 is 6.18 Å². The number of rotatable bonds is 4. The van der Waals surface area contributed by atoms with Crippen molar-refractivity contribution in [2.24, 2.45) is 13.0 Å². The van der Waals surface area contributed by atoms with Crippen LogP contribution >= 0.6 is 11.3 Å². The smallest absolute Gasteiger partial charge is 0.321 e. The number of aromatic nitrogens is 2. The van der Waals surface area contributed by atoms with Crippen molar-refractivity contribution in [3.05, 3.63) is 39.9 Å². The summed E-state index contributed by atoms with van der Waals surface area (Å²) < 4.78 is 39.9. The van der Waals surface area contributed by atoms with Gasteiger partial charge in [-0.05, 0) is 29.9 Å². The van der Waals surface area contributed by atoms with Crippen LogP contribution in [0.25, 0.3) is 5.57 Å². The number of nitrogens with one attached hydrogen (secondary N) is 1. The first-order valence-electron chi connectivity index (χ1n) is 7.28. The number of carbonyl (C=O) groups excluding carboxylic acids is 1. The van der Waals surface area contributed by atoms with Gasteiger partial charge in [0.2, 0.25) is 0 Å². The van der Waals surface area contributed by atoms with Crippen molar-refractivity contribution in [1.29, 1.82) is 0 Å². The maximum atomic E-state index is 13.0. The van der Waals surface area contributed by atoms with E-state index in [0.717, 1.165) is 21.3 Å². The summed E-state index contributed by atoms with van der Waals surface area (Å²) >= 11 is 1.43. The number of thiophene rings is 1. The normalized spacial score (nSPS) is 12.8. The minimum absolute atomic E-state index is 0.325. The molecule has 4 nitrogen and oxygen atoms in total. The van der Waals surface area contributed by atoms with Gasteiger partial charge in [0.15, 0.2) is 5.69 Å². The summed E-state index contributed by atoms with van der Waals surface area (Å²) in [4.78, 5) is 13.1. The summed E-state index contributed by atoms with van der Waals surface area (Å²) in [6, 6.07) is 1.68. The number of aryl methyl sites for hydroxylation is 1. The van der Waals surface area contributed by atoms with Crippen LogP contribution in [0.5, 0.6) is 0 Å². The number of anilines is 1. The molecule has 0 saturated heterocycles. The fourth-order valence-electron chi connectivity index (χ4n) is 2.34. The molecule has 130 valence electrons. The summed E-state index contributed by atoms with van der Waals surface area (Å²) in [6.07, 6.45) is -1.58. The number of nitrogens with zero attached hydrogens (tertiary/aromatic N) is 2. The van der Waals surface area contributed by atoms with Crippen LogP contribution in [0, 0.1) is 5.92 Å². The SMILES string of the molecule is C/C(=C\C(C)C)c1sccc1NC(=O)c1cn(C)nc1C(F)(F)F. The van der Waals surface area contributed by atoms with Crippen molar-refractivity contribution in [2.75, 3.05) is 5.32 Å². The highest BCUT2D eigenvalue weighted by Crippen LogP contribution is 2.33. The van der Waals surface area contributed by atoms with Gasteiger partial charge < -0.3 is 5.32 Å². The van der Waals surface area contributed by atoms with E-state index < -0.39 is 23.3 Å². The van der Waals surface area contributed by atoms with Crippen LogP contribution in [-0.4, -0.2) is 15.7 Å². The molecule has 2 aromatic rings. The Morgan fingerprint density at radius 3 is 2.67 bits per heavy atom. The summed E-state index contributed by atoms with van der Waals surface area (Å²) in [7, 11) is 1.34. The highest BCUT2D eigenvalue weighted by molar-refractivity contribution is 7.11. The van der Waals surface area contributed by atoms with E-state index in [1.807, 2.05) is 26.8 Å². The minimum atomic E-state index is -4.68. The predicted molar refractivity (Wildman–Crippen MR) is 89.0 cm³/mol. The number of halogens is 3. The number of carbonyl (C=O) groups is 1. The zero-order valence-corrected chi connectivity index (χ0v) is 14.5. The molecule has 0 atom stereocenters. The van der Waals surface area contributed by atoms with Gasteiger partial charge in [-0.2, -0.15) is 18.3 Å². The first-order valence-corrected chi connectivity index (χ1v) is 8.16. The van der Waals surface area contributed by atoms with Crippen molar-refractivity contribution in [1.82, 2.24) is 9.78 Å². The zero-order valence-electron chi connectivity index (χ0n) is 13.7. The predicted octanol–water partition coefficient (Wildman–Crippen LogP) is 4.81. The van der Waals surface area contributed by atoms with Gasteiger partial charge in [-0.15, -0.1) is 11.3 Å². The molecular formula is C16H18F3N3OS. The molecule has 2 aromatic heterocycles. The Balaban J connectivity index is 2.31. The minimum Gasteiger partial charge on any atom is -0.321 e. The highest BCUT2D eigenvalue weighted by atomic mass is 32.1. The van der Waals surface area contributed by atoms with Gasteiger partial charge in [0.05, 0.1) is 16.1 Å². The second-order valence-electron chi connectivity index (χ2n) is 5.77. The van der Waals surface area contributed by atoms with E-state index in [9.17, 15) is 18.0 Å². The maximum Gasteiger partial charge on any atom is 0.435 e. The van der Waals surface area contributed by atoms with Crippen molar-refractivity contribution in [2.45, 2.75) is 26.9 Å². The lowest BCUT2D eigenvalue weighted by atomic mass is 10.1. The lowest BCUT2D eigenvalue weighted by Gasteiger charge is -2.09. The van der Waals surface area contributed by atoms with Crippen LogP contribution in [-0.2, 0) is 13.2 Å². The Kier molecular flexibility index (Phi) is 5.17. The lowest BCUT2D eigenvalue weighted by Crippen LogP contribution is -2.18. The molecule has 1 N–H and O–H groups in total. The van der Waals surface area contributed by atoms with Gasteiger partial charge in [0.25, 0.3) is 5.91 Å². The Morgan fingerprint density at radius 1 is 1.42 bits per heavy atom. The Morgan fingerprint density at radius 2 is 2.08 bits per heavy atom. The molecule has 8 heteroatoms. The van der Waals surface area contributed by atoms with Crippen LogP contribution in [0.1, 0.15) is 41.7 Å². The number of hydrogen-bond acceptors (Lipinski definition) is 3. The van der Waals surface area contributed by atoms with Crippen LogP contribution in [0.2, 0.25) is 0 Å². The van der Waals surface area contributed by atoms with Gasteiger partial charge in [0.1, 0.15) is 0 Å². The fourth-order valence-corrected chi connectivity index (χ4v) is 3.18. The summed E-state index contributed by atoms with van der Waals surface area (Å²) in [6.45, 7) is 5.97. The van der Waals surface area contributed by atoms with Crippen LogP contribution in [0.4, 0.5) is 18.9 Å². The lowest BCUT2D eigenvalue weighted by molar-refractivity contribution is -0.141. The van der Waals surface area contributed by atoms with Gasteiger partial charge in [0, 0.05) is 13.2 Å². The molecule has 0 unspecified atom stereocenters. The first kappa shape index (κ1) is 18.3. The summed E-state index contributed by atoms with van der Waals surface area (Å²) in [5.74, 6) is -0.502. The molecule has 0 aromatic carbocycles. The summed E-state index contributed by atoms with van der Waals surface area (Å²) in [5, 5.41) is 7.70. The molecule has 0 spiro atoms. The summed E-state index contributed by atoms with van der Waals surface area (Å²) in [5.41, 5.74) is -0.213. The Hall–Kier alpha value is -2.09. The molecule has 0 saturated carbocycles. The number of alkyl halides is 3. The largest absolute Gasteiger partial charge is 0.435 e. The molecule has 2 heterocycles. The third kappa shape index (κ3) is 4.05. The van der Waals surface area contributed by atoms with Crippen molar-refractivity contribution in [3.8, 4) is 0 Å². The third-order valence-electron chi connectivity index (χ3n) is 3.20. The second kappa shape index (κ2) is 6.80. The highest BCUT2D eigenvalue weighted by Gasteiger charge is 2.39. The zero-order chi connectivity index (χ0) is 18.1. The second-order valence-corrected chi connectivity index (χ2v) is 6.69. The topological polar surface area (TPSA) is 46.9 Å². The van der Waals surface area contributed by atoms with E-state index in [0.29, 0.717) is 11.6 Å². The van der Waals surface area contributed by atoms with Gasteiger partial charge in [-0.25, -0.2) is 0 Å². The van der Waals surface area contributed by atoms with Crippen molar-refractivity contribution in [3.63, 3.8) is 0 Å². The van der Waals surface area contributed by atoms with Gasteiger partial charge in [-0.1, -0.05) is 19.9 Å². The fraction of sp³-hybridized carbons (Fsp3) is 0.375. The molecule has 1 amide bonds. The van der Waals surface area contributed by atoms with E-state index in [1.54, 1.807) is 11.4 Å². The quantitative estimate of drug-likeness (QED) is 0.853.